The standard InChI is InChI=1S/C16H28N2O4S2/c1-12(19)17-14(16(21)22)11-24-23-10-9-15(20)18-13-7-5-3-2-4-6-8-13/h13-14H,2-11H2,1H3,(H,17,19)(H,18,20)(H,21,22). The van der Waals surface area contributed by atoms with Crippen molar-refractivity contribution < 1.29 is 19.5 Å². The minimum absolute atomic E-state index is 0.0744. The van der Waals surface area contributed by atoms with Crippen LogP contribution >= 0.6 is 21.6 Å². The lowest BCUT2D eigenvalue weighted by Gasteiger charge is -2.21. The number of carboxylic acids is 1. The highest BCUT2D eigenvalue weighted by atomic mass is 33.1. The zero-order valence-electron chi connectivity index (χ0n) is 14.2. The molecule has 1 fully saturated rings. The summed E-state index contributed by atoms with van der Waals surface area (Å²) in [4.78, 5) is 33.9. The quantitative estimate of drug-likeness (QED) is 0.423. The summed E-state index contributed by atoms with van der Waals surface area (Å²) in [6.45, 7) is 1.30. The number of carboxylic acid groups (broad SMARTS) is 1. The maximum absolute atomic E-state index is 12.0. The topological polar surface area (TPSA) is 95.5 Å². The lowest BCUT2D eigenvalue weighted by molar-refractivity contribution is -0.140. The first kappa shape index (κ1) is 21.2. The van der Waals surface area contributed by atoms with Gasteiger partial charge in [-0.1, -0.05) is 53.7 Å². The molecule has 0 bridgehead atoms. The molecule has 0 saturated heterocycles. The number of carbonyl (C=O) groups excluding carboxylic acids is 2. The van der Waals surface area contributed by atoms with Gasteiger partial charge in [0.1, 0.15) is 6.04 Å². The molecular formula is C16H28N2O4S2. The van der Waals surface area contributed by atoms with Crippen LogP contribution in [0, 0.1) is 0 Å². The first-order chi connectivity index (χ1) is 11.5. The fourth-order valence-electron chi connectivity index (χ4n) is 2.63. The molecular weight excluding hydrogens is 348 g/mol. The zero-order chi connectivity index (χ0) is 17.8. The number of amides is 2. The summed E-state index contributed by atoms with van der Waals surface area (Å²) in [5.74, 6) is -0.406. The maximum Gasteiger partial charge on any atom is 0.327 e. The minimum atomic E-state index is -1.04. The third-order valence-electron chi connectivity index (χ3n) is 3.88. The van der Waals surface area contributed by atoms with Crippen molar-refractivity contribution >= 4 is 39.4 Å². The molecule has 8 heteroatoms. The lowest BCUT2D eigenvalue weighted by Crippen LogP contribution is -2.41. The lowest BCUT2D eigenvalue weighted by atomic mass is 9.97. The van der Waals surface area contributed by atoms with Crippen molar-refractivity contribution in [2.45, 2.75) is 70.4 Å². The van der Waals surface area contributed by atoms with Gasteiger partial charge in [0.15, 0.2) is 0 Å². The number of hydrogen-bond donors (Lipinski definition) is 3. The van der Waals surface area contributed by atoms with Crippen LogP contribution < -0.4 is 10.6 Å². The SMILES string of the molecule is CC(=O)NC(CSSCCC(=O)NC1CCCCCCC1)C(=O)O. The van der Waals surface area contributed by atoms with Gasteiger partial charge in [0.2, 0.25) is 11.8 Å². The fraction of sp³-hybridized carbons (Fsp3) is 0.812. The molecule has 3 N–H and O–H groups in total. The molecule has 6 nitrogen and oxygen atoms in total. The fourth-order valence-corrected chi connectivity index (χ4v) is 4.78. The Morgan fingerprint density at radius 1 is 1.08 bits per heavy atom. The van der Waals surface area contributed by atoms with Crippen molar-refractivity contribution in [3.8, 4) is 0 Å². The van der Waals surface area contributed by atoms with Gasteiger partial charge in [-0.25, -0.2) is 4.79 Å². The summed E-state index contributed by atoms with van der Waals surface area (Å²) in [6.07, 6.45) is 8.80. The molecule has 0 radical (unpaired) electrons. The second-order valence-electron chi connectivity index (χ2n) is 6.06. The Balaban J connectivity index is 2.13. The number of rotatable bonds is 9. The summed E-state index contributed by atoms with van der Waals surface area (Å²) < 4.78 is 0. The van der Waals surface area contributed by atoms with Crippen LogP contribution in [0.2, 0.25) is 0 Å². The Kier molecular flexibility index (Phi) is 11.0. The van der Waals surface area contributed by atoms with Crippen LogP contribution in [0.15, 0.2) is 0 Å². The molecule has 0 heterocycles. The summed E-state index contributed by atoms with van der Waals surface area (Å²) in [5.41, 5.74) is 0. The number of aliphatic carboxylic acids is 1. The molecule has 0 aromatic rings. The molecule has 24 heavy (non-hydrogen) atoms. The van der Waals surface area contributed by atoms with Crippen molar-refractivity contribution in [2.24, 2.45) is 0 Å². The van der Waals surface area contributed by atoms with E-state index in [1.54, 1.807) is 0 Å². The van der Waals surface area contributed by atoms with Gasteiger partial charge in [0.05, 0.1) is 0 Å². The minimum Gasteiger partial charge on any atom is -0.480 e. The third kappa shape index (κ3) is 10.1. The van der Waals surface area contributed by atoms with Crippen LogP contribution in [0.25, 0.3) is 0 Å². The molecule has 1 rings (SSSR count). The molecule has 1 saturated carbocycles. The summed E-state index contributed by atoms with van der Waals surface area (Å²) >= 11 is 0. The van der Waals surface area contributed by atoms with Gasteiger partial charge in [-0.05, 0) is 12.8 Å². The van der Waals surface area contributed by atoms with Crippen molar-refractivity contribution in [1.29, 1.82) is 0 Å². The van der Waals surface area contributed by atoms with E-state index in [-0.39, 0.29) is 17.6 Å². The van der Waals surface area contributed by atoms with Gasteiger partial charge >= 0.3 is 5.97 Å². The number of hydrogen-bond acceptors (Lipinski definition) is 5. The Hall–Kier alpha value is -0.890. The predicted molar refractivity (Wildman–Crippen MR) is 99.0 cm³/mol. The van der Waals surface area contributed by atoms with Crippen LogP contribution in [-0.4, -0.2) is 46.5 Å². The largest absolute Gasteiger partial charge is 0.480 e. The third-order valence-corrected chi connectivity index (χ3v) is 6.29. The number of nitrogens with one attached hydrogen (secondary N) is 2. The summed E-state index contributed by atoms with van der Waals surface area (Å²) in [6, 6.07) is -0.574. The van der Waals surface area contributed by atoms with E-state index in [4.69, 9.17) is 5.11 Å². The molecule has 2 amide bonds. The van der Waals surface area contributed by atoms with Crippen LogP contribution in [0.5, 0.6) is 0 Å². The second kappa shape index (κ2) is 12.5. The highest BCUT2D eigenvalue weighted by molar-refractivity contribution is 8.76. The Morgan fingerprint density at radius 2 is 1.71 bits per heavy atom. The van der Waals surface area contributed by atoms with Crippen molar-refractivity contribution in [2.75, 3.05) is 11.5 Å². The van der Waals surface area contributed by atoms with E-state index in [1.807, 2.05) is 0 Å². The van der Waals surface area contributed by atoms with Crippen LogP contribution in [-0.2, 0) is 14.4 Å². The summed E-state index contributed by atoms with van der Waals surface area (Å²) in [5, 5.41) is 14.5. The highest BCUT2D eigenvalue weighted by Crippen LogP contribution is 2.23. The molecule has 1 atom stereocenters. The number of carbonyl (C=O) groups is 3. The van der Waals surface area contributed by atoms with E-state index in [0.29, 0.717) is 18.2 Å². The van der Waals surface area contributed by atoms with E-state index in [0.717, 1.165) is 12.8 Å². The monoisotopic (exact) mass is 376 g/mol. The van der Waals surface area contributed by atoms with E-state index < -0.39 is 12.0 Å². The molecule has 138 valence electrons. The smallest absolute Gasteiger partial charge is 0.327 e. The molecule has 0 spiro atoms. The van der Waals surface area contributed by atoms with E-state index >= 15 is 0 Å². The maximum atomic E-state index is 12.0. The molecule has 0 aliphatic heterocycles. The average Bonchev–Trinajstić information content (AvgIpc) is 2.47. The first-order valence-corrected chi connectivity index (χ1v) is 11.0. The second-order valence-corrected chi connectivity index (χ2v) is 8.68. The van der Waals surface area contributed by atoms with Crippen molar-refractivity contribution in [1.82, 2.24) is 10.6 Å². The van der Waals surface area contributed by atoms with Crippen molar-refractivity contribution in [3.63, 3.8) is 0 Å². The van der Waals surface area contributed by atoms with Gasteiger partial charge in [-0.3, -0.25) is 9.59 Å². The van der Waals surface area contributed by atoms with Crippen LogP contribution in [0.3, 0.4) is 0 Å². The first-order valence-electron chi connectivity index (χ1n) is 8.52. The molecule has 0 aromatic heterocycles. The molecule has 1 aliphatic rings. The average molecular weight is 377 g/mol. The Bertz CT molecular complexity index is 413. The van der Waals surface area contributed by atoms with Gasteiger partial charge < -0.3 is 15.7 Å². The zero-order valence-corrected chi connectivity index (χ0v) is 15.8. The molecule has 0 aromatic carbocycles. The molecule has 1 unspecified atom stereocenters. The van der Waals surface area contributed by atoms with Gasteiger partial charge in [-0.2, -0.15) is 0 Å². The molecule has 1 aliphatic carbocycles. The predicted octanol–water partition coefficient (Wildman–Crippen LogP) is 2.58. The van der Waals surface area contributed by atoms with E-state index in [1.165, 1.54) is 60.6 Å². The Labute approximate surface area is 151 Å². The normalized spacial score (nSPS) is 17.4. The van der Waals surface area contributed by atoms with Crippen LogP contribution in [0.4, 0.5) is 0 Å². The van der Waals surface area contributed by atoms with Gasteiger partial charge in [-0.15, -0.1) is 0 Å². The van der Waals surface area contributed by atoms with Crippen LogP contribution in [0.1, 0.15) is 58.3 Å². The Morgan fingerprint density at radius 3 is 2.29 bits per heavy atom. The summed E-state index contributed by atoms with van der Waals surface area (Å²) in [7, 11) is 2.83. The van der Waals surface area contributed by atoms with Gasteiger partial charge in [0.25, 0.3) is 0 Å². The van der Waals surface area contributed by atoms with E-state index in [2.05, 4.69) is 10.6 Å². The van der Waals surface area contributed by atoms with E-state index in [9.17, 15) is 14.4 Å². The highest BCUT2D eigenvalue weighted by Gasteiger charge is 2.18. The van der Waals surface area contributed by atoms with Crippen molar-refractivity contribution in [3.05, 3.63) is 0 Å². The van der Waals surface area contributed by atoms with Gasteiger partial charge in [0, 0.05) is 30.9 Å².